The van der Waals surface area contributed by atoms with Gasteiger partial charge in [0, 0.05) is 29.4 Å². The molecule has 0 nitrogen and oxygen atoms in total. The molecule has 0 unspecified atom stereocenters. The Labute approximate surface area is 433 Å². The maximum Gasteiger partial charge on any atom is 0.0845 e. The van der Waals surface area contributed by atoms with E-state index in [2.05, 4.69) is 273 Å². The first-order valence-electron chi connectivity index (χ1n) is 22.9. The first-order valence-corrected chi connectivity index (χ1v) is 28.2. The van der Waals surface area contributed by atoms with Gasteiger partial charge in [-0.05, 0) is 141 Å². The molecule has 69 heavy (non-hydrogen) atoms. The van der Waals surface area contributed by atoms with Crippen molar-refractivity contribution in [1.29, 1.82) is 0 Å². The van der Waals surface area contributed by atoms with Gasteiger partial charge in [-0.3, -0.25) is 0 Å². The highest BCUT2D eigenvalue weighted by atomic mass is 32.2. The molecule has 0 amide bonds. The molecule has 0 spiro atoms. The van der Waals surface area contributed by atoms with E-state index in [4.69, 9.17) is 0 Å². The molecule has 10 aromatic rings. The van der Waals surface area contributed by atoms with Crippen molar-refractivity contribution in [2.45, 2.75) is 43.1 Å². The molecule has 0 aromatic heterocycles. The SMILES string of the molecule is c1ccc(SC(Sc2ccccc2)c2ccc(-c3cc(-c4ccc(C(Sc5ccccc5)Sc5ccccc5)cc4)cc(-c4ccc(C(Sc5ccccc5)Sc5ccccc5)cc4)c3)cc2)cc1. The van der Waals surface area contributed by atoms with Crippen LogP contribution >= 0.6 is 70.6 Å². The molecular weight excluding hydrogens is 949 g/mol. The van der Waals surface area contributed by atoms with Gasteiger partial charge in [0.1, 0.15) is 0 Å². The fourth-order valence-electron chi connectivity index (χ4n) is 7.84. The Morgan fingerprint density at radius 2 is 0.348 bits per heavy atom. The molecule has 336 valence electrons. The number of thioether (sulfide) groups is 6. The van der Waals surface area contributed by atoms with E-state index in [9.17, 15) is 0 Å². The van der Waals surface area contributed by atoms with Crippen LogP contribution in [0.4, 0.5) is 0 Å². The molecule has 0 bridgehead atoms. The fourth-order valence-corrected chi connectivity index (χ4v) is 15.5. The minimum absolute atomic E-state index is 0.190. The van der Waals surface area contributed by atoms with Crippen LogP contribution in [0, 0.1) is 0 Å². The second-order valence-corrected chi connectivity index (χ2v) is 24.2. The molecular formula is C63H48S6. The van der Waals surface area contributed by atoms with Crippen molar-refractivity contribution in [3.05, 3.63) is 290 Å². The van der Waals surface area contributed by atoms with Crippen molar-refractivity contribution in [1.82, 2.24) is 0 Å². The maximum atomic E-state index is 2.37. The van der Waals surface area contributed by atoms with Gasteiger partial charge in [-0.1, -0.05) is 182 Å². The molecule has 0 atom stereocenters. The van der Waals surface area contributed by atoms with E-state index >= 15 is 0 Å². The largest absolute Gasteiger partial charge is 0.107 e. The normalized spacial score (nSPS) is 11.3. The average molecular weight is 997 g/mol. The van der Waals surface area contributed by atoms with Crippen LogP contribution in [0.25, 0.3) is 33.4 Å². The molecule has 0 saturated heterocycles. The standard InChI is InChI=1S/C63H48S6/c1-7-19-55(20-8-1)64-61(65-56-21-9-2-10-22-56)49-37-31-46(32-38-49)52-43-53(47-33-39-50(40-34-47)62(66-57-23-11-3-12-24-57)67-58-25-13-4-14-26-58)45-54(44-52)48-35-41-51(42-36-48)63(68-59-27-15-5-16-28-59)69-60-29-17-6-18-30-60/h1-45,61-63H. The molecule has 0 heterocycles. The third-order valence-electron chi connectivity index (χ3n) is 11.4. The van der Waals surface area contributed by atoms with E-state index in [0.29, 0.717) is 0 Å². The first-order chi connectivity index (χ1) is 34.1. The molecule has 0 aliphatic heterocycles. The lowest BCUT2D eigenvalue weighted by atomic mass is 9.92. The summed E-state index contributed by atoms with van der Waals surface area (Å²) >= 11 is 11.4. The maximum absolute atomic E-state index is 2.37. The highest BCUT2D eigenvalue weighted by Crippen LogP contribution is 2.50. The number of hydrogen-bond donors (Lipinski definition) is 0. The minimum Gasteiger partial charge on any atom is -0.107 e. The molecule has 0 aliphatic carbocycles. The van der Waals surface area contributed by atoms with Gasteiger partial charge >= 0.3 is 0 Å². The highest BCUT2D eigenvalue weighted by Gasteiger charge is 2.20. The predicted molar refractivity (Wildman–Crippen MR) is 305 cm³/mol. The lowest BCUT2D eigenvalue weighted by Gasteiger charge is -2.19. The third kappa shape index (κ3) is 12.9. The summed E-state index contributed by atoms with van der Waals surface area (Å²) in [6, 6.07) is 99.4. The van der Waals surface area contributed by atoms with Crippen molar-refractivity contribution in [3.8, 4) is 33.4 Å². The Hall–Kier alpha value is -5.70. The van der Waals surface area contributed by atoms with Gasteiger partial charge in [0.15, 0.2) is 0 Å². The Bertz CT molecular complexity index is 2640. The zero-order valence-electron chi connectivity index (χ0n) is 37.7. The Morgan fingerprint density at radius 1 is 0.174 bits per heavy atom. The number of benzene rings is 10. The zero-order chi connectivity index (χ0) is 46.5. The Balaban J connectivity index is 0.998. The fraction of sp³-hybridized carbons (Fsp3) is 0.0476. The lowest BCUT2D eigenvalue weighted by Crippen LogP contribution is -1.93. The quantitative estimate of drug-likeness (QED) is 0.0616. The van der Waals surface area contributed by atoms with Gasteiger partial charge in [-0.15, -0.1) is 70.6 Å². The van der Waals surface area contributed by atoms with Crippen LogP contribution in [0.15, 0.2) is 302 Å². The van der Waals surface area contributed by atoms with E-state index in [1.54, 1.807) is 0 Å². The summed E-state index contributed by atoms with van der Waals surface area (Å²) in [7, 11) is 0. The summed E-state index contributed by atoms with van der Waals surface area (Å²) in [6.45, 7) is 0. The summed E-state index contributed by atoms with van der Waals surface area (Å²) < 4.78 is 0.571. The molecule has 10 rings (SSSR count). The lowest BCUT2D eigenvalue weighted by molar-refractivity contribution is 1.33. The number of rotatable bonds is 18. The van der Waals surface area contributed by atoms with Crippen molar-refractivity contribution < 1.29 is 0 Å². The van der Waals surface area contributed by atoms with Gasteiger partial charge in [-0.25, -0.2) is 0 Å². The predicted octanol–water partition coefficient (Wildman–Crippen LogP) is 20.4. The van der Waals surface area contributed by atoms with Crippen molar-refractivity contribution in [3.63, 3.8) is 0 Å². The van der Waals surface area contributed by atoms with E-state index in [0.717, 1.165) is 0 Å². The summed E-state index contributed by atoms with van der Waals surface area (Å²) in [4.78, 5) is 7.56. The van der Waals surface area contributed by atoms with Gasteiger partial charge < -0.3 is 0 Å². The van der Waals surface area contributed by atoms with Crippen LogP contribution < -0.4 is 0 Å². The van der Waals surface area contributed by atoms with Crippen LogP contribution in [-0.4, -0.2) is 0 Å². The van der Waals surface area contributed by atoms with E-state index in [-0.39, 0.29) is 13.7 Å². The van der Waals surface area contributed by atoms with Crippen LogP contribution in [0.1, 0.15) is 30.4 Å². The summed E-state index contributed by atoms with van der Waals surface area (Å²) in [5.74, 6) is 0. The zero-order valence-corrected chi connectivity index (χ0v) is 42.6. The molecule has 0 radical (unpaired) electrons. The highest BCUT2D eigenvalue weighted by molar-refractivity contribution is 8.17. The minimum atomic E-state index is 0.190. The van der Waals surface area contributed by atoms with Crippen molar-refractivity contribution in [2.24, 2.45) is 0 Å². The van der Waals surface area contributed by atoms with E-state index in [1.807, 2.05) is 70.6 Å². The summed E-state index contributed by atoms with van der Waals surface area (Å²) in [6.07, 6.45) is 0. The first kappa shape index (κ1) is 47.0. The van der Waals surface area contributed by atoms with Gasteiger partial charge in [0.2, 0.25) is 0 Å². The third-order valence-corrected chi connectivity index (χ3v) is 19.3. The van der Waals surface area contributed by atoms with Crippen LogP contribution in [0.2, 0.25) is 0 Å². The topological polar surface area (TPSA) is 0 Å². The van der Waals surface area contributed by atoms with Gasteiger partial charge in [0.05, 0.1) is 13.7 Å². The molecule has 0 fully saturated rings. The van der Waals surface area contributed by atoms with Crippen LogP contribution in [0.3, 0.4) is 0 Å². The molecule has 6 heteroatoms. The smallest absolute Gasteiger partial charge is 0.0845 e. The number of hydrogen-bond acceptors (Lipinski definition) is 6. The van der Waals surface area contributed by atoms with Crippen LogP contribution in [-0.2, 0) is 0 Å². The second kappa shape index (κ2) is 23.7. The molecule has 0 N–H and O–H groups in total. The van der Waals surface area contributed by atoms with E-state index in [1.165, 1.54) is 79.4 Å². The molecule has 0 aliphatic rings. The Morgan fingerprint density at radius 3 is 0.522 bits per heavy atom. The average Bonchev–Trinajstić information content (AvgIpc) is 3.42. The van der Waals surface area contributed by atoms with Gasteiger partial charge in [0.25, 0.3) is 0 Å². The van der Waals surface area contributed by atoms with Crippen molar-refractivity contribution in [2.75, 3.05) is 0 Å². The monoisotopic (exact) mass is 996 g/mol. The van der Waals surface area contributed by atoms with Crippen molar-refractivity contribution >= 4 is 70.6 Å². The Kier molecular flexibility index (Phi) is 16.2. The summed E-state index contributed by atoms with van der Waals surface area (Å²) in [5.41, 5.74) is 11.0. The van der Waals surface area contributed by atoms with Gasteiger partial charge in [-0.2, -0.15) is 0 Å². The molecule has 0 saturated carbocycles. The van der Waals surface area contributed by atoms with E-state index < -0.39 is 0 Å². The second-order valence-electron chi connectivity index (χ2n) is 16.2. The van der Waals surface area contributed by atoms with Crippen LogP contribution in [0.5, 0.6) is 0 Å². The molecule has 10 aromatic carbocycles. The summed E-state index contributed by atoms with van der Waals surface area (Å²) in [5, 5.41) is 0.